The van der Waals surface area contributed by atoms with Crippen molar-refractivity contribution in [2.45, 2.75) is 31.8 Å². The van der Waals surface area contributed by atoms with Crippen molar-refractivity contribution in [3.63, 3.8) is 0 Å². The smallest absolute Gasteiger partial charge is 0.407 e. The third-order valence-corrected chi connectivity index (χ3v) is 6.56. The van der Waals surface area contributed by atoms with Crippen LogP contribution in [-0.4, -0.2) is 63.3 Å². The van der Waals surface area contributed by atoms with Crippen LogP contribution in [0.3, 0.4) is 0 Å². The molecule has 0 bridgehead atoms. The molecule has 3 N–H and O–H groups in total. The quantitative estimate of drug-likeness (QED) is 0.682. The average Bonchev–Trinajstić information content (AvgIpc) is 3.03. The molecular weight excluding hydrogens is 407 g/mol. The fourth-order valence-electron chi connectivity index (χ4n) is 4.13. The third-order valence-electron chi connectivity index (χ3n) is 5.74. The summed E-state index contributed by atoms with van der Waals surface area (Å²) in [4.78, 5) is 26.9. The molecule has 7 nitrogen and oxygen atoms in total. The first-order chi connectivity index (χ1) is 13.3. The van der Waals surface area contributed by atoms with E-state index < -0.39 is 12.2 Å². The minimum Gasteiger partial charge on any atom is -0.508 e. The molecule has 0 aliphatic carbocycles. The van der Waals surface area contributed by atoms with Gasteiger partial charge in [0.15, 0.2) is 0 Å². The van der Waals surface area contributed by atoms with Gasteiger partial charge in [-0.15, -0.1) is 0 Å². The largest absolute Gasteiger partial charge is 0.508 e. The van der Waals surface area contributed by atoms with E-state index in [-0.39, 0.29) is 45.6 Å². The molecule has 1 aromatic rings. The lowest BCUT2D eigenvalue weighted by Gasteiger charge is -2.25. The summed E-state index contributed by atoms with van der Waals surface area (Å²) in [5.41, 5.74) is 0.229. The van der Waals surface area contributed by atoms with Crippen LogP contribution in [0.15, 0.2) is 12.1 Å². The Labute approximate surface area is 173 Å². The van der Waals surface area contributed by atoms with Gasteiger partial charge in [0.05, 0.1) is 22.1 Å². The number of nitrogens with zero attached hydrogens (tertiary/aromatic N) is 2. The van der Waals surface area contributed by atoms with E-state index in [1.807, 2.05) is 0 Å². The number of aliphatic hydroxyl groups is 1. The minimum absolute atomic E-state index is 0.0254. The summed E-state index contributed by atoms with van der Waals surface area (Å²) < 4.78 is 0. The molecule has 2 heterocycles. The number of halogens is 2. The maximum Gasteiger partial charge on any atom is 0.407 e. The van der Waals surface area contributed by atoms with Crippen LogP contribution >= 0.6 is 23.2 Å². The number of carbonyl (C=O) groups excluding carboxylic acids is 1. The molecule has 1 aromatic carbocycles. The number of likely N-dealkylation sites (tertiary alicyclic amines) is 2. The van der Waals surface area contributed by atoms with Gasteiger partial charge in [0.2, 0.25) is 5.91 Å². The van der Waals surface area contributed by atoms with Crippen LogP contribution < -0.4 is 0 Å². The summed E-state index contributed by atoms with van der Waals surface area (Å²) in [7, 11) is 0. The Balaban J connectivity index is 1.65. The molecule has 3 rings (SSSR count). The number of benzene rings is 1. The van der Waals surface area contributed by atoms with Crippen LogP contribution in [0.25, 0.3) is 0 Å². The summed E-state index contributed by atoms with van der Waals surface area (Å²) in [5.74, 6) is -0.593. The Bertz CT molecular complexity index is 760. The SMILES string of the molecule is O=C(O)N1CC[C@H](C(=O)N2CCCC(C(O)c3c(O)ccc(Cl)c3Cl)CC2)C1. The number of phenols is 1. The molecule has 2 unspecified atom stereocenters. The lowest BCUT2D eigenvalue weighted by Crippen LogP contribution is -2.38. The van der Waals surface area contributed by atoms with E-state index in [0.717, 1.165) is 0 Å². The topological polar surface area (TPSA) is 101 Å². The summed E-state index contributed by atoms with van der Waals surface area (Å²) in [5, 5.41) is 30.4. The van der Waals surface area contributed by atoms with Crippen molar-refractivity contribution in [3.8, 4) is 5.75 Å². The number of carboxylic acid groups (broad SMARTS) is 1. The number of rotatable bonds is 3. The molecule has 2 amide bonds. The Hall–Kier alpha value is -1.70. The van der Waals surface area contributed by atoms with Crippen LogP contribution in [-0.2, 0) is 4.79 Å². The maximum absolute atomic E-state index is 12.8. The van der Waals surface area contributed by atoms with Gasteiger partial charge in [0, 0.05) is 31.7 Å². The fraction of sp³-hybridized carbons (Fsp3) is 0.579. The summed E-state index contributed by atoms with van der Waals surface area (Å²) in [6.45, 7) is 1.67. The highest BCUT2D eigenvalue weighted by Gasteiger charge is 2.35. The standard InChI is InChI=1S/C19H24Cl2N2O5/c20-13-3-4-14(24)15(16(13)21)17(25)11-2-1-7-22(8-5-11)18(26)12-6-9-23(10-12)19(27)28/h3-4,11-12,17,24-25H,1-2,5-10H2,(H,27,28)/t11?,12-,17?/m0/s1. The van der Waals surface area contributed by atoms with Crippen molar-refractivity contribution in [2.24, 2.45) is 11.8 Å². The first-order valence-corrected chi connectivity index (χ1v) is 10.2. The Morgan fingerprint density at radius 2 is 1.79 bits per heavy atom. The van der Waals surface area contributed by atoms with Crippen molar-refractivity contribution < 1.29 is 24.9 Å². The summed E-state index contributed by atoms with van der Waals surface area (Å²) >= 11 is 12.2. The van der Waals surface area contributed by atoms with Gasteiger partial charge in [-0.1, -0.05) is 23.2 Å². The fourth-order valence-corrected chi connectivity index (χ4v) is 4.56. The molecule has 2 aliphatic rings. The molecule has 2 saturated heterocycles. The van der Waals surface area contributed by atoms with Gasteiger partial charge in [0.25, 0.3) is 0 Å². The zero-order chi connectivity index (χ0) is 20.4. The summed E-state index contributed by atoms with van der Waals surface area (Å²) in [6.07, 6.45) is 0.522. The van der Waals surface area contributed by atoms with Crippen molar-refractivity contribution in [3.05, 3.63) is 27.7 Å². The zero-order valence-corrected chi connectivity index (χ0v) is 16.9. The van der Waals surface area contributed by atoms with Crippen molar-refractivity contribution >= 4 is 35.2 Å². The molecule has 3 atom stereocenters. The first kappa shape index (κ1) is 21.0. The van der Waals surface area contributed by atoms with Gasteiger partial charge in [0.1, 0.15) is 5.75 Å². The van der Waals surface area contributed by atoms with E-state index in [9.17, 15) is 19.8 Å². The van der Waals surface area contributed by atoms with E-state index in [2.05, 4.69) is 0 Å². The van der Waals surface area contributed by atoms with Crippen molar-refractivity contribution in [1.82, 2.24) is 9.80 Å². The average molecular weight is 431 g/mol. The van der Waals surface area contributed by atoms with Crippen LogP contribution in [0.4, 0.5) is 4.79 Å². The van der Waals surface area contributed by atoms with Crippen LogP contribution in [0.5, 0.6) is 5.75 Å². The molecule has 0 saturated carbocycles. The number of phenolic OH excluding ortho intramolecular Hbond substituents is 1. The highest BCUT2D eigenvalue weighted by atomic mass is 35.5. The van der Waals surface area contributed by atoms with Crippen molar-refractivity contribution in [1.29, 1.82) is 0 Å². The normalized spacial score (nSPS) is 24.1. The van der Waals surface area contributed by atoms with Crippen LogP contribution in [0.2, 0.25) is 10.0 Å². The van der Waals surface area contributed by atoms with Crippen molar-refractivity contribution in [2.75, 3.05) is 26.2 Å². The molecule has 9 heteroatoms. The number of hydrogen-bond donors (Lipinski definition) is 3. The van der Waals surface area contributed by atoms with E-state index in [4.69, 9.17) is 28.3 Å². The molecule has 154 valence electrons. The van der Waals surface area contributed by atoms with E-state index >= 15 is 0 Å². The molecule has 28 heavy (non-hydrogen) atoms. The highest BCUT2D eigenvalue weighted by molar-refractivity contribution is 6.42. The molecular formula is C19H24Cl2N2O5. The second-order valence-electron chi connectivity index (χ2n) is 7.47. The van der Waals surface area contributed by atoms with Gasteiger partial charge >= 0.3 is 6.09 Å². The number of hydrogen-bond acceptors (Lipinski definition) is 4. The number of aliphatic hydroxyl groups excluding tert-OH is 1. The Kier molecular flexibility index (Phi) is 6.58. The maximum atomic E-state index is 12.8. The first-order valence-electron chi connectivity index (χ1n) is 9.41. The number of amides is 2. The highest BCUT2D eigenvalue weighted by Crippen LogP contribution is 2.42. The number of carbonyl (C=O) groups is 2. The predicted molar refractivity (Wildman–Crippen MR) is 105 cm³/mol. The van der Waals surface area contributed by atoms with Gasteiger partial charge in [-0.05, 0) is 43.7 Å². The predicted octanol–water partition coefficient (Wildman–Crippen LogP) is 3.36. The van der Waals surface area contributed by atoms with Gasteiger partial charge < -0.3 is 25.1 Å². The second-order valence-corrected chi connectivity index (χ2v) is 8.25. The Morgan fingerprint density at radius 1 is 1.07 bits per heavy atom. The molecule has 0 radical (unpaired) electrons. The molecule has 2 aliphatic heterocycles. The molecule has 2 fully saturated rings. The van der Waals surface area contributed by atoms with Gasteiger partial charge in [-0.25, -0.2) is 4.79 Å². The van der Waals surface area contributed by atoms with Crippen LogP contribution in [0, 0.1) is 11.8 Å². The van der Waals surface area contributed by atoms with Gasteiger partial charge in [-0.3, -0.25) is 4.79 Å². The molecule has 0 spiro atoms. The lowest BCUT2D eigenvalue weighted by molar-refractivity contribution is -0.135. The van der Waals surface area contributed by atoms with E-state index in [0.29, 0.717) is 45.3 Å². The minimum atomic E-state index is -0.993. The van der Waals surface area contributed by atoms with E-state index in [1.165, 1.54) is 17.0 Å². The number of aromatic hydroxyl groups is 1. The monoisotopic (exact) mass is 430 g/mol. The van der Waals surface area contributed by atoms with Gasteiger partial charge in [-0.2, -0.15) is 0 Å². The lowest BCUT2D eigenvalue weighted by atomic mass is 9.89. The van der Waals surface area contributed by atoms with E-state index in [1.54, 1.807) is 4.90 Å². The second kappa shape index (κ2) is 8.76. The zero-order valence-electron chi connectivity index (χ0n) is 15.4. The summed E-state index contributed by atoms with van der Waals surface area (Å²) in [6, 6.07) is 2.89. The molecule has 0 aromatic heterocycles. The van der Waals surface area contributed by atoms with Crippen LogP contribution in [0.1, 0.15) is 37.4 Å². The third kappa shape index (κ3) is 4.31. The Morgan fingerprint density at radius 3 is 2.46 bits per heavy atom.